The second-order valence-electron chi connectivity index (χ2n) is 26.2. The Balaban J connectivity index is 0.972. The molecule has 0 unspecified atom stereocenters. The summed E-state index contributed by atoms with van der Waals surface area (Å²) in [7, 11) is -4.87. The van der Waals surface area contributed by atoms with Gasteiger partial charge in [-0.1, -0.05) is 39.3 Å². The number of ketones is 1. The molecule has 9 aliphatic rings. The maximum atomic E-state index is 13.2. The summed E-state index contributed by atoms with van der Waals surface area (Å²) in [4.78, 5) is 13.2. The average Bonchev–Trinajstić information content (AvgIpc) is 1.90. The van der Waals surface area contributed by atoms with Crippen LogP contribution in [0.15, 0.2) is 11.6 Å². The van der Waals surface area contributed by atoms with Gasteiger partial charge in [-0.15, -0.1) is 0 Å². The maximum Gasteiger partial charge on any atom is 0.397 e. The molecule has 0 aromatic carbocycles. The average molecular weight is 1220 g/mol. The minimum Gasteiger partial charge on any atom is -0.389 e. The number of Topliss-reactive ketones (excluding diaryl/α,β-unsaturated/α-hetero) is 1. The Kier molecular flexibility index (Phi) is 20.1. The molecule has 0 aromatic heterocycles. The van der Waals surface area contributed by atoms with Gasteiger partial charge in [0.05, 0.1) is 49.3 Å². The lowest BCUT2D eigenvalue weighted by atomic mass is 9.47. The minimum atomic E-state index is -4.87. The van der Waals surface area contributed by atoms with Crippen molar-refractivity contribution in [3.05, 3.63) is 11.6 Å². The fraction of sp³-hybridized carbons (Fsp3) is 0.945. The summed E-state index contributed by atoms with van der Waals surface area (Å²) in [6.45, 7) is 13.1. The molecular weight excluding hydrogens is 1120 g/mol. The van der Waals surface area contributed by atoms with E-state index in [1.54, 1.807) is 6.92 Å². The van der Waals surface area contributed by atoms with E-state index in [9.17, 15) is 79.0 Å². The molecule has 3 saturated carbocycles. The first-order valence-corrected chi connectivity index (χ1v) is 30.7. The van der Waals surface area contributed by atoms with Crippen LogP contribution in [-0.4, -0.2) is 252 Å². The van der Waals surface area contributed by atoms with Crippen molar-refractivity contribution in [1.82, 2.24) is 0 Å². The van der Waals surface area contributed by atoms with Crippen molar-refractivity contribution in [2.75, 3.05) is 13.2 Å². The van der Waals surface area contributed by atoms with Crippen molar-refractivity contribution in [3.63, 3.8) is 0 Å². The highest BCUT2D eigenvalue weighted by Crippen LogP contribution is 2.67. The Morgan fingerprint density at radius 3 is 1.76 bits per heavy atom. The van der Waals surface area contributed by atoms with Gasteiger partial charge in [0.25, 0.3) is 0 Å². The number of fused-ring (bicyclic) bond motifs is 5. The van der Waals surface area contributed by atoms with E-state index in [0.29, 0.717) is 32.1 Å². The molecule has 0 radical (unpaired) electrons. The van der Waals surface area contributed by atoms with Crippen LogP contribution >= 0.6 is 0 Å². The smallest absolute Gasteiger partial charge is 0.389 e. The first-order chi connectivity index (χ1) is 38.7. The number of aliphatic hydroxyl groups is 12. The summed E-state index contributed by atoms with van der Waals surface area (Å²) >= 11 is 0. The Morgan fingerprint density at radius 2 is 1.17 bits per heavy atom. The first-order valence-electron chi connectivity index (χ1n) is 29.3. The van der Waals surface area contributed by atoms with Crippen molar-refractivity contribution in [3.8, 4) is 0 Å². The highest BCUT2D eigenvalue weighted by molar-refractivity contribution is 7.80. The lowest BCUT2D eigenvalue weighted by molar-refractivity contribution is -0.394. The van der Waals surface area contributed by atoms with E-state index >= 15 is 0 Å². The third kappa shape index (κ3) is 13.2. The minimum absolute atomic E-state index is 0.00824. The van der Waals surface area contributed by atoms with Crippen molar-refractivity contribution in [2.45, 2.75) is 272 Å². The van der Waals surface area contributed by atoms with E-state index in [4.69, 9.17) is 51.6 Å². The standard InChI is InChI=1S/C55H90O27S/c1-21(2)15-25(56)18-55(8,68)34-10-9-28-27-17-32(30-16-26(82-83(69,70)71)11-13-53(30,6)29(27)12-14-54(28,34)7)77-50-44(67)45(37(60)24(5)76-50)79-52-47(81-49-43(66)41(64)36(59)23(4)75-49)39(62)33(20-73-52)78-51-46(38(61)31(57)19-72-51)80-48-42(65)40(63)35(58)22(3)74-48/h12,21-24,26-28,30-52,57-68H,9-11,13-20H2,1-8H3,(H,69,70,71)/t22-,23-,24-,26+,27+,28+,30-,31+,32+,33-,34+,35+,36-,37-,38+,39+,40+,41+,42-,43-,44-,45+,46-,47-,48+,49+,50+,51+,52+,53-,54+,55+/m1/s1. The Bertz CT molecular complexity index is 2370. The molecule has 9 rings (SSSR count). The highest BCUT2D eigenvalue weighted by atomic mass is 32.3. The van der Waals surface area contributed by atoms with Crippen molar-refractivity contribution < 1.29 is 131 Å². The maximum absolute atomic E-state index is 13.2. The van der Waals surface area contributed by atoms with E-state index in [1.165, 1.54) is 20.8 Å². The summed E-state index contributed by atoms with van der Waals surface area (Å²) in [6, 6.07) is 0. The monoisotopic (exact) mass is 1210 g/mol. The molecule has 0 bridgehead atoms. The van der Waals surface area contributed by atoms with E-state index < -0.39 is 199 Å². The zero-order valence-corrected chi connectivity index (χ0v) is 48.9. The third-order valence-electron chi connectivity index (χ3n) is 19.9. The SMILES string of the molecule is CC(C)CC(=O)C[C@](C)(O)[C@H]1CC[C@H]2[C@@H]3C[C@H](O[C@@H]4O[C@H](C)[C@@H](O)[C@H](O[C@@H]5OC[C@@H](O[C@@H]6OC[C@H](O)[C@H](O)[C@H]6O[C@@H]6O[C@H](C)[C@H](O)[C@H](O)[C@H]6O)[C@H](O)[C@H]5O[C@@H]5O[C@H](C)[C@@H](O)[C@H](O)[C@H]5O)[C@H]4O)[C@H]4C[C@@H](OS(=O)(=O)O)CC[C@]4(C)C3=CC[C@@]21C. The number of allylic oxidation sites excluding steroid dienone is 2. The van der Waals surface area contributed by atoms with Gasteiger partial charge in [-0.3, -0.25) is 9.35 Å². The van der Waals surface area contributed by atoms with Gasteiger partial charge in [0, 0.05) is 12.8 Å². The van der Waals surface area contributed by atoms with Gasteiger partial charge in [-0.25, -0.2) is 4.18 Å². The normalized spacial score (nSPS) is 51.3. The molecule has 28 heteroatoms. The van der Waals surface area contributed by atoms with Gasteiger partial charge in [-0.05, 0) is 113 Å². The van der Waals surface area contributed by atoms with Crippen LogP contribution < -0.4 is 0 Å². The van der Waals surface area contributed by atoms with Crippen LogP contribution in [0.3, 0.4) is 0 Å². The highest BCUT2D eigenvalue weighted by Gasteiger charge is 2.64. The van der Waals surface area contributed by atoms with Gasteiger partial charge < -0.3 is 109 Å². The summed E-state index contributed by atoms with van der Waals surface area (Å²) in [5.41, 5.74) is -1.21. The van der Waals surface area contributed by atoms with Crippen LogP contribution in [-0.2, 0) is 66.7 Å². The molecule has 5 saturated heterocycles. The van der Waals surface area contributed by atoms with Crippen molar-refractivity contribution >= 4 is 16.2 Å². The third-order valence-corrected chi connectivity index (χ3v) is 20.4. The van der Waals surface area contributed by atoms with Gasteiger partial charge in [-0.2, -0.15) is 8.42 Å². The predicted octanol–water partition coefficient (Wildman–Crippen LogP) is -2.04. The van der Waals surface area contributed by atoms with Crippen LogP contribution in [0.2, 0.25) is 0 Å². The Labute approximate surface area is 482 Å². The number of rotatable bonds is 17. The van der Waals surface area contributed by atoms with Crippen LogP contribution in [0.25, 0.3) is 0 Å². The molecule has 8 fully saturated rings. The second kappa shape index (κ2) is 25.4. The van der Waals surface area contributed by atoms with Gasteiger partial charge in [0.1, 0.15) is 97.3 Å². The summed E-state index contributed by atoms with van der Waals surface area (Å²) in [5, 5.41) is 134. The number of hydrogen-bond acceptors (Lipinski definition) is 26. The zero-order chi connectivity index (χ0) is 60.7. The number of hydrogen-bond donors (Lipinski definition) is 13. The molecule has 0 spiro atoms. The van der Waals surface area contributed by atoms with E-state index in [0.717, 1.165) is 12.0 Å². The van der Waals surface area contributed by atoms with Crippen molar-refractivity contribution in [2.24, 2.45) is 40.4 Å². The fourth-order valence-corrected chi connectivity index (χ4v) is 16.0. The Morgan fingerprint density at radius 1 is 0.639 bits per heavy atom. The van der Waals surface area contributed by atoms with Gasteiger partial charge in [0.2, 0.25) is 0 Å². The zero-order valence-electron chi connectivity index (χ0n) is 48.1. The number of ether oxygens (including phenoxy) is 10. The lowest BCUT2D eigenvalue weighted by Gasteiger charge is -2.60. The molecule has 5 heterocycles. The predicted molar refractivity (Wildman–Crippen MR) is 280 cm³/mol. The largest absolute Gasteiger partial charge is 0.397 e. The molecule has 27 nitrogen and oxygen atoms in total. The summed E-state index contributed by atoms with van der Waals surface area (Å²) in [6.07, 6.45) is -33.9. The van der Waals surface area contributed by atoms with Crippen LogP contribution in [0, 0.1) is 40.4 Å². The summed E-state index contributed by atoms with van der Waals surface area (Å²) in [5.74, 6) is -0.731. The molecule has 0 amide bonds. The number of carbonyl (C=O) groups excluding carboxylic acids is 1. The topological polar surface area (TPSA) is 416 Å². The molecule has 83 heavy (non-hydrogen) atoms. The van der Waals surface area contributed by atoms with Crippen LogP contribution in [0.5, 0.6) is 0 Å². The van der Waals surface area contributed by atoms with E-state index in [2.05, 4.69) is 19.9 Å². The van der Waals surface area contributed by atoms with Gasteiger partial charge >= 0.3 is 10.4 Å². The fourth-order valence-electron chi connectivity index (χ4n) is 15.5. The van der Waals surface area contributed by atoms with E-state index in [1.807, 2.05) is 13.8 Å². The quantitative estimate of drug-likeness (QED) is 0.0551. The molecule has 4 aliphatic carbocycles. The number of aliphatic hydroxyl groups excluding tert-OH is 11. The lowest BCUT2D eigenvalue weighted by Crippen LogP contribution is -2.66. The second-order valence-corrected chi connectivity index (χ2v) is 27.3. The molecule has 0 aromatic rings. The molecular formula is C55H90O27S. The van der Waals surface area contributed by atoms with Crippen molar-refractivity contribution in [1.29, 1.82) is 0 Å². The molecule has 5 aliphatic heterocycles. The molecule has 13 N–H and O–H groups in total. The van der Waals surface area contributed by atoms with Gasteiger partial charge in [0.15, 0.2) is 31.5 Å². The van der Waals surface area contributed by atoms with Crippen LogP contribution in [0.1, 0.15) is 113 Å². The molecule has 478 valence electrons. The summed E-state index contributed by atoms with van der Waals surface area (Å²) < 4.78 is 100. The van der Waals surface area contributed by atoms with Crippen LogP contribution in [0.4, 0.5) is 0 Å². The number of carbonyl (C=O) groups is 1. The molecule has 32 atom stereocenters. The Hall–Kier alpha value is -1.60. The first kappa shape index (κ1) is 65.8. The van der Waals surface area contributed by atoms with E-state index in [-0.39, 0.29) is 48.7 Å².